The summed E-state index contributed by atoms with van der Waals surface area (Å²) >= 11 is 6.65. The Morgan fingerprint density at radius 3 is 2.46 bits per heavy atom. The highest BCUT2D eigenvalue weighted by Crippen LogP contribution is 2.23. The van der Waals surface area contributed by atoms with Gasteiger partial charge in [-0.25, -0.2) is 13.1 Å². The van der Waals surface area contributed by atoms with Gasteiger partial charge in [-0.3, -0.25) is 4.90 Å². The van der Waals surface area contributed by atoms with E-state index in [-0.39, 0.29) is 0 Å². The molecule has 2 heterocycles. The number of piperazine rings is 1. The molecule has 0 aliphatic carbocycles. The summed E-state index contributed by atoms with van der Waals surface area (Å²) < 4.78 is 30.0. The molecule has 0 amide bonds. The van der Waals surface area contributed by atoms with Gasteiger partial charge in [0.05, 0.1) is 11.6 Å². The number of hydrogen-bond donors (Lipinski definition) is 0. The SMILES string of the molecule is O=S(=O)(c1ccc2ccccc2c1)N1CCN(Cn2ncsc2=S)CC1. The first-order valence-electron chi connectivity index (χ1n) is 8.26. The minimum absolute atomic E-state index is 0.353. The predicted octanol–water partition coefficient (Wildman–Crippen LogP) is 2.79. The van der Waals surface area contributed by atoms with Crippen LogP contribution in [0.3, 0.4) is 0 Å². The zero-order valence-electron chi connectivity index (χ0n) is 14.0. The van der Waals surface area contributed by atoms with Gasteiger partial charge < -0.3 is 0 Å². The Morgan fingerprint density at radius 2 is 1.77 bits per heavy atom. The van der Waals surface area contributed by atoms with Crippen molar-refractivity contribution in [1.29, 1.82) is 0 Å². The van der Waals surface area contributed by atoms with Gasteiger partial charge in [0, 0.05) is 26.2 Å². The van der Waals surface area contributed by atoms with Crippen LogP contribution in [0.1, 0.15) is 0 Å². The van der Waals surface area contributed by atoms with Crippen molar-refractivity contribution in [3.8, 4) is 0 Å². The number of benzene rings is 2. The maximum atomic E-state index is 13.0. The largest absolute Gasteiger partial charge is 0.282 e. The van der Waals surface area contributed by atoms with E-state index in [4.69, 9.17) is 12.2 Å². The molecule has 6 nitrogen and oxygen atoms in total. The molecule has 0 saturated carbocycles. The van der Waals surface area contributed by atoms with E-state index in [0.717, 1.165) is 14.7 Å². The van der Waals surface area contributed by atoms with Crippen molar-refractivity contribution in [2.75, 3.05) is 26.2 Å². The van der Waals surface area contributed by atoms with Gasteiger partial charge >= 0.3 is 0 Å². The van der Waals surface area contributed by atoms with Crippen LogP contribution in [0.5, 0.6) is 0 Å². The first-order chi connectivity index (χ1) is 12.5. The molecular formula is C17H18N4O2S3. The van der Waals surface area contributed by atoms with E-state index >= 15 is 0 Å². The van der Waals surface area contributed by atoms with Crippen molar-refractivity contribution in [2.45, 2.75) is 11.6 Å². The van der Waals surface area contributed by atoms with Crippen LogP contribution < -0.4 is 0 Å². The lowest BCUT2D eigenvalue weighted by Crippen LogP contribution is -2.48. The van der Waals surface area contributed by atoms with Crippen LogP contribution in [0.25, 0.3) is 10.8 Å². The molecule has 0 spiro atoms. The molecule has 0 N–H and O–H groups in total. The summed E-state index contributed by atoms with van der Waals surface area (Å²) in [7, 11) is -3.48. The van der Waals surface area contributed by atoms with E-state index in [1.807, 2.05) is 30.3 Å². The summed E-state index contributed by atoms with van der Waals surface area (Å²) in [6.45, 7) is 2.85. The van der Waals surface area contributed by atoms with Gasteiger partial charge in [-0.2, -0.15) is 9.40 Å². The Hall–Kier alpha value is -1.65. The molecule has 0 bridgehead atoms. The number of hydrogen-bond acceptors (Lipinski definition) is 6. The molecule has 136 valence electrons. The van der Waals surface area contributed by atoms with Crippen molar-refractivity contribution >= 4 is 44.4 Å². The van der Waals surface area contributed by atoms with Crippen LogP contribution >= 0.6 is 23.6 Å². The Bertz CT molecular complexity index is 1080. The quantitative estimate of drug-likeness (QED) is 0.624. The minimum atomic E-state index is -3.48. The van der Waals surface area contributed by atoms with Gasteiger partial charge in [0.2, 0.25) is 10.0 Å². The third kappa shape index (κ3) is 3.45. The Morgan fingerprint density at radius 1 is 1.04 bits per heavy atom. The van der Waals surface area contributed by atoms with E-state index in [9.17, 15) is 8.42 Å². The zero-order chi connectivity index (χ0) is 18.1. The Labute approximate surface area is 161 Å². The molecule has 2 aromatic carbocycles. The molecular weight excluding hydrogens is 388 g/mol. The van der Waals surface area contributed by atoms with Crippen molar-refractivity contribution in [3.63, 3.8) is 0 Å². The molecule has 26 heavy (non-hydrogen) atoms. The molecule has 0 unspecified atom stereocenters. The fourth-order valence-electron chi connectivity index (χ4n) is 3.11. The standard InChI is InChI=1S/C17H18N4O2S3/c22-26(23,16-6-5-14-3-1-2-4-15(14)11-16)20-9-7-19(8-10-20)13-21-17(24)25-12-18-21/h1-6,11-12H,7-10,13H2. The highest BCUT2D eigenvalue weighted by molar-refractivity contribution is 7.89. The smallest absolute Gasteiger partial charge is 0.243 e. The molecule has 9 heteroatoms. The summed E-state index contributed by atoms with van der Waals surface area (Å²) in [5, 5.41) is 6.19. The first-order valence-corrected chi connectivity index (χ1v) is 11.0. The molecule has 0 atom stereocenters. The molecule has 1 aliphatic rings. The Kier molecular flexibility index (Phi) is 4.89. The molecule has 1 saturated heterocycles. The summed E-state index contributed by atoms with van der Waals surface area (Å²) in [6, 6.07) is 13.1. The van der Waals surface area contributed by atoms with Crippen LogP contribution in [0.4, 0.5) is 0 Å². The molecule has 3 aromatic rings. The predicted molar refractivity (Wildman–Crippen MR) is 105 cm³/mol. The Balaban J connectivity index is 1.48. The van der Waals surface area contributed by atoms with E-state index in [2.05, 4.69) is 10.00 Å². The summed E-state index contributed by atoms with van der Waals surface area (Å²) in [6.07, 6.45) is 0. The van der Waals surface area contributed by atoms with E-state index in [0.29, 0.717) is 37.7 Å². The lowest BCUT2D eigenvalue weighted by Gasteiger charge is -2.33. The molecule has 1 fully saturated rings. The topological polar surface area (TPSA) is 58.4 Å². The summed E-state index contributed by atoms with van der Waals surface area (Å²) in [4.78, 5) is 2.52. The van der Waals surface area contributed by atoms with Crippen LogP contribution in [-0.4, -0.2) is 53.6 Å². The number of nitrogens with zero attached hydrogens (tertiary/aromatic N) is 4. The average Bonchev–Trinajstić information content (AvgIpc) is 3.06. The fourth-order valence-corrected chi connectivity index (χ4v) is 5.28. The van der Waals surface area contributed by atoms with Gasteiger partial charge in [0.15, 0.2) is 3.95 Å². The van der Waals surface area contributed by atoms with E-state index in [1.165, 1.54) is 11.3 Å². The fraction of sp³-hybridized carbons (Fsp3) is 0.294. The maximum Gasteiger partial charge on any atom is 0.243 e. The van der Waals surface area contributed by atoms with Crippen molar-refractivity contribution in [3.05, 3.63) is 51.9 Å². The van der Waals surface area contributed by atoms with Crippen LogP contribution in [-0.2, 0) is 16.7 Å². The normalized spacial score (nSPS) is 16.9. The van der Waals surface area contributed by atoms with Crippen LogP contribution in [0, 0.1) is 3.95 Å². The van der Waals surface area contributed by atoms with Crippen molar-refractivity contribution in [2.24, 2.45) is 0 Å². The second kappa shape index (κ2) is 7.16. The second-order valence-corrected chi connectivity index (χ2v) is 9.59. The third-order valence-corrected chi connectivity index (χ3v) is 7.58. The number of fused-ring (bicyclic) bond motifs is 1. The lowest BCUT2D eigenvalue weighted by molar-refractivity contribution is 0.145. The van der Waals surface area contributed by atoms with Crippen LogP contribution in [0.15, 0.2) is 52.9 Å². The molecule has 4 rings (SSSR count). The minimum Gasteiger partial charge on any atom is -0.282 e. The van der Waals surface area contributed by atoms with E-state index in [1.54, 1.807) is 26.6 Å². The maximum absolute atomic E-state index is 13.0. The van der Waals surface area contributed by atoms with E-state index < -0.39 is 10.0 Å². The van der Waals surface area contributed by atoms with Gasteiger partial charge in [0.25, 0.3) is 0 Å². The molecule has 1 aromatic heterocycles. The van der Waals surface area contributed by atoms with Crippen molar-refractivity contribution < 1.29 is 8.42 Å². The number of sulfonamides is 1. The third-order valence-electron chi connectivity index (χ3n) is 4.57. The average molecular weight is 407 g/mol. The first kappa shape index (κ1) is 17.7. The molecule has 0 radical (unpaired) electrons. The number of aromatic nitrogens is 2. The highest BCUT2D eigenvalue weighted by Gasteiger charge is 2.28. The van der Waals surface area contributed by atoms with Gasteiger partial charge in [-0.1, -0.05) is 41.7 Å². The van der Waals surface area contributed by atoms with Gasteiger partial charge in [-0.05, 0) is 35.1 Å². The number of rotatable bonds is 4. The molecule has 1 aliphatic heterocycles. The van der Waals surface area contributed by atoms with Gasteiger partial charge in [0.1, 0.15) is 5.51 Å². The monoisotopic (exact) mass is 406 g/mol. The lowest BCUT2D eigenvalue weighted by atomic mass is 10.1. The summed E-state index contributed by atoms with van der Waals surface area (Å²) in [5.41, 5.74) is 1.72. The van der Waals surface area contributed by atoms with Crippen LogP contribution in [0.2, 0.25) is 0 Å². The highest BCUT2D eigenvalue weighted by atomic mass is 32.2. The second-order valence-electron chi connectivity index (χ2n) is 6.18. The van der Waals surface area contributed by atoms with Crippen molar-refractivity contribution in [1.82, 2.24) is 19.0 Å². The summed E-state index contributed by atoms with van der Waals surface area (Å²) in [5.74, 6) is 0. The van der Waals surface area contributed by atoms with Gasteiger partial charge in [-0.15, -0.1) is 0 Å². The zero-order valence-corrected chi connectivity index (χ0v) is 16.4.